The number of sulfonamides is 1. The van der Waals surface area contributed by atoms with E-state index in [1.54, 1.807) is 48.5 Å². The van der Waals surface area contributed by atoms with Crippen LogP contribution in [0.4, 0.5) is 11.4 Å². The van der Waals surface area contributed by atoms with Crippen LogP contribution in [0.15, 0.2) is 71.6 Å². The molecule has 0 saturated carbocycles. The van der Waals surface area contributed by atoms with E-state index in [1.807, 2.05) is 6.92 Å². The molecule has 4 rings (SSSR count). The van der Waals surface area contributed by atoms with Crippen molar-refractivity contribution in [2.45, 2.75) is 11.8 Å². The van der Waals surface area contributed by atoms with Crippen molar-refractivity contribution in [3.63, 3.8) is 0 Å². The lowest BCUT2D eigenvalue weighted by Crippen LogP contribution is -2.17. The summed E-state index contributed by atoms with van der Waals surface area (Å²) >= 11 is 0. The molecule has 0 fully saturated rings. The Morgan fingerprint density at radius 2 is 1.69 bits per heavy atom. The third kappa shape index (κ3) is 4.94. The van der Waals surface area contributed by atoms with E-state index in [9.17, 15) is 13.2 Å². The molecule has 3 aromatic rings. The number of ether oxygens (including phenoxy) is 3. The van der Waals surface area contributed by atoms with Gasteiger partial charge in [0.2, 0.25) is 0 Å². The summed E-state index contributed by atoms with van der Waals surface area (Å²) < 4.78 is 44.4. The van der Waals surface area contributed by atoms with Gasteiger partial charge in [-0.1, -0.05) is 6.07 Å². The number of nitrogens with one attached hydrogen (secondary N) is 2. The number of carbonyl (C=O) groups is 1. The van der Waals surface area contributed by atoms with Crippen molar-refractivity contribution in [2.24, 2.45) is 0 Å². The van der Waals surface area contributed by atoms with E-state index in [0.717, 1.165) is 0 Å². The molecular formula is C23H22N2O6S. The van der Waals surface area contributed by atoms with Gasteiger partial charge in [-0.3, -0.25) is 9.52 Å². The van der Waals surface area contributed by atoms with Gasteiger partial charge in [0.25, 0.3) is 15.9 Å². The molecule has 0 radical (unpaired) electrons. The first-order chi connectivity index (χ1) is 15.4. The molecule has 166 valence electrons. The molecule has 0 unspecified atom stereocenters. The van der Waals surface area contributed by atoms with E-state index in [2.05, 4.69) is 10.0 Å². The maximum atomic E-state index is 12.8. The van der Waals surface area contributed by atoms with Crippen LogP contribution >= 0.6 is 0 Å². The smallest absolute Gasteiger partial charge is 0.262 e. The minimum atomic E-state index is -3.89. The molecule has 1 heterocycles. The highest BCUT2D eigenvalue weighted by atomic mass is 32.2. The predicted octanol–water partition coefficient (Wildman–Crippen LogP) is 3.91. The number of hydrogen-bond acceptors (Lipinski definition) is 6. The summed E-state index contributed by atoms with van der Waals surface area (Å²) in [5, 5.41) is 2.78. The van der Waals surface area contributed by atoms with Crippen LogP contribution in [-0.2, 0) is 10.0 Å². The van der Waals surface area contributed by atoms with Gasteiger partial charge in [-0.15, -0.1) is 0 Å². The van der Waals surface area contributed by atoms with Crippen LogP contribution in [0, 0.1) is 0 Å². The van der Waals surface area contributed by atoms with E-state index in [1.165, 1.54) is 18.2 Å². The molecule has 2 N–H and O–H groups in total. The highest BCUT2D eigenvalue weighted by Crippen LogP contribution is 2.32. The second-order valence-electron chi connectivity index (χ2n) is 6.90. The van der Waals surface area contributed by atoms with Crippen molar-refractivity contribution in [1.29, 1.82) is 0 Å². The van der Waals surface area contributed by atoms with Crippen LogP contribution in [0.25, 0.3) is 0 Å². The van der Waals surface area contributed by atoms with E-state index in [0.29, 0.717) is 48.3 Å². The number of carbonyl (C=O) groups excluding carboxylic acids is 1. The van der Waals surface area contributed by atoms with Crippen LogP contribution in [-0.4, -0.2) is 34.1 Å². The lowest BCUT2D eigenvalue weighted by atomic mass is 10.2. The molecule has 0 saturated heterocycles. The van der Waals surface area contributed by atoms with Gasteiger partial charge in [0.1, 0.15) is 19.0 Å². The molecule has 1 amide bonds. The van der Waals surface area contributed by atoms with Crippen molar-refractivity contribution in [1.82, 2.24) is 0 Å². The monoisotopic (exact) mass is 454 g/mol. The Morgan fingerprint density at radius 1 is 0.938 bits per heavy atom. The Bertz CT molecular complexity index is 1230. The third-order valence-electron chi connectivity index (χ3n) is 4.62. The predicted molar refractivity (Wildman–Crippen MR) is 120 cm³/mol. The number of hydrogen-bond donors (Lipinski definition) is 2. The first-order valence-corrected chi connectivity index (χ1v) is 11.5. The number of rotatable bonds is 7. The number of anilines is 2. The molecule has 0 bridgehead atoms. The largest absolute Gasteiger partial charge is 0.494 e. The van der Waals surface area contributed by atoms with E-state index < -0.39 is 10.0 Å². The van der Waals surface area contributed by atoms with Crippen molar-refractivity contribution < 1.29 is 27.4 Å². The Morgan fingerprint density at radius 3 is 2.44 bits per heavy atom. The molecule has 1 aliphatic rings. The zero-order valence-electron chi connectivity index (χ0n) is 17.3. The number of benzene rings is 3. The Hall–Kier alpha value is -3.72. The highest BCUT2D eigenvalue weighted by Gasteiger charge is 2.20. The third-order valence-corrected chi connectivity index (χ3v) is 6.00. The van der Waals surface area contributed by atoms with Crippen LogP contribution in [0.3, 0.4) is 0 Å². The second-order valence-corrected chi connectivity index (χ2v) is 8.59. The molecule has 8 nitrogen and oxygen atoms in total. The average Bonchev–Trinajstić information content (AvgIpc) is 2.80. The van der Waals surface area contributed by atoms with Gasteiger partial charge >= 0.3 is 0 Å². The fraction of sp³-hybridized carbons (Fsp3) is 0.174. The molecule has 0 aromatic heterocycles. The summed E-state index contributed by atoms with van der Waals surface area (Å²) in [5.74, 6) is 1.22. The molecule has 0 spiro atoms. The zero-order chi connectivity index (χ0) is 22.6. The summed E-state index contributed by atoms with van der Waals surface area (Å²) in [6.07, 6.45) is 0. The zero-order valence-corrected chi connectivity index (χ0v) is 18.1. The fourth-order valence-electron chi connectivity index (χ4n) is 3.13. The fourth-order valence-corrected chi connectivity index (χ4v) is 4.20. The SMILES string of the molecule is CCOc1ccc(NC(=O)c2cccc(NS(=O)(=O)c3ccc4c(c3)OCCO4)c2)cc1. The lowest BCUT2D eigenvalue weighted by Gasteiger charge is -2.19. The van der Waals surface area contributed by atoms with E-state index >= 15 is 0 Å². The molecular weight excluding hydrogens is 432 g/mol. The average molecular weight is 455 g/mol. The van der Waals surface area contributed by atoms with Gasteiger partial charge in [-0.25, -0.2) is 8.42 Å². The van der Waals surface area contributed by atoms with E-state index in [4.69, 9.17) is 14.2 Å². The van der Waals surface area contributed by atoms with Crippen LogP contribution < -0.4 is 24.2 Å². The van der Waals surface area contributed by atoms with Crippen LogP contribution in [0.5, 0.6) is 17.2 Å². The first kappa shape index (κ1) is 21.5. The first-order valence-electron chi connectivity index (χ1n) is 10.0. The molecule has 1 aliphatic heterocycles. The lowest BCUT2D eigenvalue weighted by molar-refractivity contribution is 0.102. The number of fused-ring (bicyclic) bond motifs is 1. The minimum Gasteiger partial charge on any atom is -0.494 e. The Labute approximate surface area is 186 Å². The van der Waals surface area contributed by atoms with Gasteiger partial charge in [0.05, 0.1) is 11.5 Å². The normalized spacial score (nSPS) is 12.7. The molecule has 9 heteroatoms. The van der Waals surface area contributed by atoms with Gasteiger partial charge < -0.3 is 19.5 Å². The van der Waals surface area contributed by atoms with Gasteiger partial charge in [-0.2, -0.15) is 0 Å². The van der Waals surface area contributed by atoms with E-state index in [-0.39, 0.29) is 16.5 Å². The molecule has 0 atom stereocenters. The van der Waals surface area contributed by atoms with Gasteiger partial charge in [0.15, 0.2) is 11.5 Å². The van der Waals surface area contributed by atoms with Crippen molar-refractivity contribution in [3.8, 4) is 17.2 Å². The van der Waals surface area contributed by atoms with Crippen molar-refractivity contribution >= 4 is 27.3 Å². The highest BCUT2D eigenvalue weighted by molar-refractivity contribution is 7.92. The van der Waals surface area contributed by atoms with Crippen molar-refractivity contribution in [3.05, 3.63) is 72.3 Å². The Balaban J connectivity index is 1.48. The van der Waals surface area contributed by atoms with Gasteiger partial charge in [0, 0.05) is 23.0 Å². The molecule has 32 heavy (non-hydrogen) atoms. The molecule has 0 aliphatic carbocycles. The quantitative estimate of drug-likeness (QED) is 0.561. The summed E-state index contributed by atoms with van der Waals surface area (Å²) in [5.41, 5.74) is 1.17. The summed E-state index contributed by atoms with van der Waals surface area (Å²) in [7, 11) is -3.89. The van der Waals surface area contributed by atoms with Crippen LogP contribution in [0.2, 0.25) is 0 Å². The standard InChI is InChI=1S/C23H22N2O6S/c1-2-29-19-8-6-17(7-9-19)24-23(26)16-4-3-5-18(14-16)25-32(27,28)20-10-11-21-22(15-20)31-13-12-30-21/h3-11,14-15,25H,2,12-13H2,1H3,(H,24,26). The summed E-state index contributed by atoms with van der Waals surface area (Å²) in [4.78, 5) is 12.7. The maximum Gasteiger partial charge on any atom is 0.262 e. The van der Waals surface area contributed by atoms with Gasteiger partial charge in [-0.05, 0) is 61.5 Å². The summed E-state index contributed by atoms with van der Waals surface area (Å²) in [6.45, 7) is 3.23. The Kier molecular flexibility index (Phi) is 6.18. The minimum absolute atomic E-state index is 0.0333. The topological polar surface area (TPSA) is 103 Å². The number of amides is 1. The van der Waals surface area contributed by atoms with Crippen molar-refractivity contribution in [2.75, 3.05) is 29.9 Å². The van der Waals surface area contributed by atoms with Crippen LogP contribution in [0.1, 0.15) is 17.3 Å². The molecule has 3 aromatic carbocycles. The second kappa shape index (κ2) is 9.19. The summed E-state index contributed by atoms with van der Waals surface area (Å²) in [6, 6.07) is 17.7. The maximum absolute atomic E-state index is 12.8.